The number of carbonyl (C=O) groups excluding carboxylic acids is 2. The monoisotopic (exact) mass is 361 g/mol. The van der Waals surface area contributed by atoms with Crippen molar-refractivity contribution in [2.75, 3.05) is 32.7 Å². The Morgan fingerprint density at radius 1 is 1.23 bits per heavy atom. The first kappa shape index (κ1) is 19.0. The lowest BCUT2D eigenvalue weighted by Gasteiger charge is -2.31. The number of piperidine rings is 1. The first-order valence-corrected chi connectivity index (χ1v) is 9.99. The van der Waals surface area contributed by atoms with Gasteiger partial charge in [0.2, 0.25) is 5.91 Å². The molecule has 0 radical (unpaired) electrons. The molecule has 0 saturated carbocycles. The first-order valence-electron chi connectivity index (χ1n) is 9.99. The van der Waals surface area contributed by atoms with Gasteiger partial charge in [-0.15, -0.1) is 0 Å². The second-order valence-electron chi connectivity index (χ2n) is 7.51. The fourth-order valence-corrected chi connectivity index (χ4v) is 4.19. The zero-order valence-electron chi connectivity index (χ0n) is 15.8. The summed E-state index contributed by atoms with van der Waals surface area (Å²) in [5.74, 6) is 0.754. The molecule has 6 nitrogen and oxygen atoms in total. The Kier molecular flexibility index (Phi) is 6.72. The number of carbonyl (C=O) groups is 2. The Bertz CT molecular complexity index is 579. The van der Waals surface area contributed by atoms with E-state index in [0.717, 1.165) is 52.0 Å². The number of furan rings is 1. The maximum absolute atomic E-state index is 12.3. The minimum Gasteiger partial charge on any atom is -0.472 e. The van der Waals surface area contributed by atoms with Gasteiger partial charge in [0.25, 0.3) is 5.91 Å². The molecular formula is C20H31N3O3. The van der Waals surface area contributed by atoms with E-state index < -0.39 is 0 Å². The minimum absolute atomic E-state index is 0.0481. The molecule has 0 unspecified atom stereocenters. The number of likely N-dealkylation sites (tertiary alicyclic amines) is 2. The van der Waals surface area contributed by atoms with Crippen molar-refractivity contribution in [3.8, 4) is 0 Å². The van der Waals surface area contributed by atoms with Gasteiger partial charge >= 0.3 is 0 Å². The summed E-state index contributed by atoms with van der Waals surface area (Å²) < 4.78 is 4.99. The third-order valence-corrected chi connectivity index (χ3v) is 5.89. The van der Waals surface area contributed by atoms with E-state index in [1.165, 1.54) is 25.4 Å². The van der Waals surface area contributed by atoms with Crippen molar-refractivity contribution in [2.45, 2.75) is 51.5 Å². The Hall–Kier alpha value is -1.82. The number of nitrogens with one attached hydrogen (secondary N) is 1. The molecule has 1 aromatic heterocycles. The highest BCUT2D eigenvalue weighted by Gasteiger charge is 2.25. The molecule has 2 aliphatic rings. The quantitative estimate of drug-likeness (QED) is 0.810. The topological polar surface area (TPSA) is 65.8 Å². The van der Waals surface area contributed by atoms with E-state index in [1.807, 2.05) is 4.90 Å². The molecule has 2 amide bonds. The van der Waals surface area contributed by atoms with Crippen LogP contribution in [0.25, 0.3) is 0 Å². The third-order valence-electron chi connectivity index (χ3n) is 5.89. The summed E-state index contributed by atoms with van der Waals surface area (Å²) in [5, 5.41) is 3.12. The zero-order valence-corrected chi connectivity index (χ0v) is 15.8. The largest absolute Gasteiger partial charge is 0.472 e. The zero-order chi connectivity index (χ0) is 18.4. The van der Waals surface area contributed by atoms with E-state index in [1.54, 1.807) is 6.07 Å². The molecule has 0 aromatic carbocycles. The van der Waals surface area contributed by atoms with Gasteiger partial charge in [-0.1, -0.05) is 6.92 Å². The molecule has 3 heterocycles. The van der Waals surface area contributed by atoms with Crippen LogP contribution in [0, 0.1) is 5.92 Å². The molecule has 26 heavy (non-hydrogen) atoms. The number of rotatable bonds is 7. The third kappa shape index (κ3) is 4.87. The summed E-state index contributed by atoms with van der Waals surface area (Å²) in [6.07, 6.45) is 8.93. The van der Waals surface area contributed by atoms with Gasteiger partial charge in [0.1, 0.15) is 6.26 Å². The van der Waals surface area contributed by atoms with Crippen LogP contribution in [0.3, 0.4) is 0 Å². The number of likely N-dealkylation sites (N-methyl/N-ethyl adjacent to an activating group) is 1. The lowest BCUT2D eigenvalue weighted by atomic mass is 9.92. The van der Waals surface area contributed by atoms with Gasteiger partial charge in [-0.05, 0) is 57.2 Å². The van der Waals surface area contributed by atoms with Gasteiger partial charge in [-0.3, -0.25) is 14.5 Å². The van der Waals surface area contributed by atoms with Crippen LogP contribution >= 0.6 is 0 Å². The summed E-state index contributed by atoms with van der Waals surface area (Å²) in [5.41, 5.74) is 0.621. The molecule has 1 N–H and O–H groups in total. The Balaban J connectivity index is 1.32. The van der Waals surface area contributed by atoms with Crippen LogP contribution in [0.1, 0.15) is 55.8 Å². The molecule has 1 atom stereocenters. The van der Waals surface area contributed by atoms with Crippen LogP contribution in [0.5, 0.6) is 0 Å². The molecule has 2 saturated heterocycles. The number of hydrogen-bond acceptors (Lipinski definition) is 4. The number of hydrogen-bond donors (Lipinski definition) is 1. The normalized spacial score (nSPS) is 21.9. The smallest absolute Gasteiger partial charge is 0.257 e. The van der Waals surface area contributed by atoms with Crippen molar-refractivity contribution in [3.63, 3.8) is 0 Å². The van der Waals surface area contributed by atoms with Gasteiger partial charge in [-0.25, -0.2) is 0 Å². The average Bonchev–Trinajstić information content (AvgIpc) is 3.36. The molecule has 0 spiro atoms. The highest BCUT2D eigenvalue weighted by Crippen LogP contribution is 2.23. The fraction of sp³-hybridized carbons (Fsp3) is 0.700. The summed E-state index contributed by atoms with van der Waals surface area (Å²) in [6, 6.07) is 2.23. The Labute approximate surface area is 155 Å². The number of amides is 2. The van der Waals surface area contributed by atoms with Crippen molar-refractivity contribution in [2.24, 2.45) is 5.92 Å². The second kappa shape index (κ2) is 9.21. The van der Waals surface area contributed by atoms with E-state index in [9.17, 15) is 9.59 Å². The van der Waals surface area contributed by atoms with Crippen molar-refractivity contribution >= 4 is 11.8 Å². The van der Waals surface area contributed by atoms with E-state index in [2.05, 4.69) is 17.1 Å². The van der Waals surface area contributed by atoms with Crippen LogP contribution in [-0.2, 0) is 4.79 Å². The highest BCUT2D eigenvalue weighted by atomic mass is 16.3. The van der Waals surface area contributed by atoms with Gasteiger partial charge < -0.3 is 14.6 Å². The molecule has 0 aliphatic carbocycles. The Morgan fingerprint density at radius 2 is 2.04 bits per heavy atom. The summed E-state index contributed by atoms with van der Waals surface area (Å²) in [4.78, 5) is 28.8. The van der Waals surface area contributed by atoms with Gasteiger partial charge in [-0.2, -0.15) is 0 Å². The van der Waals surface area contributed by atoms with Crippen LogP contribution in [-0.4, -0.2) is 60.4 Å². The van der Waals surface area contributed by atoms with Crippen LogP contribution in [0.15, 0.2) is 23.0 Å². The molecule has 3 rings (SSSR count). The van der Waals surface area contributed by atoms with E-state index in [-0.39, 0.29) is 11.8 Å². The molecular weight excluding hydrogens is 330 g/mol. The lowest BCUT2D eigenvalue weighted by Crippen LogP contribution is -2.40. The molecule has 2 fully saturated rings. The molecule has 2 aliphatic heterocycles. The summed E-state index contributed by atoms with van der Waals surface area (Å²) in [6.45, 7) is 6.73. The fourth-order valence-electron chi connectivity index (χ4n) is 4.19. The van der Waals surface area contributed by atoms with Crippen molar-refractivity contribution in [3.05, 3.63) is 24.2 Å². The van der Waals surface area contributed by atoms with Gasteiger partial charge in [0, 0.05) is 32.1 Å². The van der Waals surface area contributed by atoms with E-state index >= 15 is 0 Å². The van der Waals surface area contributed by atoms with Crippen LogP contribution in [0.2, 0.25) is 0 Å². The summed E-state index contributed by atoms with van der Waals surface area (Å²) >= 11 is 0. The van der Waals surface area contributed by atoms with E-state index in [4.69, 9.17) is 4.42 Å². The first-order chi connectivity index (χ1) is 12.7. The van der Waals surface area contributed by atoms with Gasteiger partial charge in [0.15, 0.2) is 0 Å². The standard InChI is InChI=1S/C20H31N3O3/c1-2-22-10-3-4-18(22)14-21-19(24)6-5-16-7-11-23(12-8-16)20(25)17-9-13-26-15-17/h9,13,15-16,18H,2-8,10-12,14H2,1H3,(H,21,24)/t18-/m1/s1. The predicted octanol–water partition coefficient (Wildman–Crippen LogP) is 2.51. The number of nitrogens with zero attached hydrogens (tertiary/aromatic N) is 2. The van der Waals surface area contributed by atoms with Crippen LogP contribution < -0.4 is 5.32 Å². The molecule has 144 valence electrons. The van der Waals surface area contributed by atoms with E-state index in [0.29, 0.717) is 23.9 Å². The minimum atomic E-state index is 0.0481. The molecule has 1 aromatic rings. The van der Waals surface area contributed by atoms with Crippen molar-refractivity contribution < 1.29 is 14.0 Å². The maximum Gasteiger partial charge on any atom is 0.257 e. The molecule has 6 heteroatoms. The average molecular weight is 361 g/mol. The van der Waals surface area contributed by atoms with Crippen LogP contribution in [0.4, 0.5) is 0 Å². The predicted molar refractivity (Wildman–Crippen MR) is 99.8 cm³/mol. The SMILES string of the molecule is CCN1CCC[C@@H]1CNC(=O)CCC1CCN(C(=O)c2ccoc2)CC1. The van der Waals surface area contributed by atoms with Crippen molar-refractivity contribution in [1.29, 1.82) is 0 Å². The maximum atomic E-state index is 12.3. The van der Waals surface area contributed by atoms with Gasteiger partial charge in [0.05, 0.1) is 11.8 Å². The highest BCUT2D eigenvalue weighted by molar-refractivity contribution is 5.93. The Morgan fingerprint density at radius 3 is 2.73 bits per heavy atom. The lowest BCUT2D eigenvalue weighted by molar-refractivity contribution is -0.121. The van der Waals surface area contributed by atoms with Crippen molar-refractivity contribution in [1.82, 2.24) is 15.1 Å². The summed E-state index contributed by atoms with van der Waals surface area (Å²) in [7, 11) is 0. The second-order valence-corrected chi connectivity index (χ2v) is 7.51. The molecule has 0 bridgehead atoms.